The summed E-state index contributed by atoms with van der Waals surface area (Å²) in [5, 5.41) is 4.82. The Labute approximate surface area is 116 Å². The summed E-state index contributed by atoms with van der Waals surface area (Å²) in [6.07, 6.45) is 1.07. The van der Waals surface area contributed by atoms with Gasteiger partial charge in [0.25, 0.3) is 0 Å². The van der Waals surface area contributed by atoms with Crippen molar-refractivity contribution >= 4 is 10.9 Å². The van der Waals surface area contributed by atoms with Crippen LogP contribution in [0.3, 0.4) is 0 Å². The Kier molecular flexibility index (Phi) is 4.54. The summed E-state index contributed by atoms with van der Waals surface area (Å²) in [7, 11) is 0. The van der Waals surface area contributed by atoms with E-state index in [9.17, 15) is 0 Å². The first-order valence-electron chi connectivity index (χ1n) is 7.20. The van der Waals surface area contributed by atoms with Gasteiger partial charge in [0.1, 0.15) is 0 Å². The highest BCUT2D eigenvalue weighted by Crippen LogP contribution is 2.20. The van der Waals surface area contributed by atoms with Crippen LogP contribution in [0.1, 0.15) is 37.6 Å². The highest BCUT2D eigenvalue weighted by atomic mass is 14.9. The number of aryl methyl sites for hydroxylation is 2. The molecule has 0 bridgehead atoms. The second kappa shape index (κ2) is 6.16. The molecule has 0 aliphatic carbocycles. The molecule has 0 unspecified atom stereocenters. The number of nitrogens with zero attached hydrogens (tertiary/aromatic N) is 1. The standard InChI is InChI=1S/C17H24N2/c1-5-14-6-7-17-16(9-14)15(8-13(4)19-17)11-18-10-12(2)3/h6-9,12,18H,5,10-11H2,1-4H3. The third-order valence-electron chi connectivity index (χ3n) is 3.36. The molecule has 1 heterocycles. The second-order valence-electron chi connectivity index (χ2n) is 5.65. The van der Waals surface area contributed by atoms with E-state index >= 15 is 0 Å². The van der Waals surface area contributed by atoms with Gasteiger partial charge in [-0.3, -0.25) is 4.98 Å². The average Bonchev–Trinajstić information content (AvgIpc) is 2.37. The van der Waals surface area contributed by atoms with Crippen LogP contribution < -0.4 is 5.32 Å². The minimum absolute atomic E-state index is 0.681. The lowest BCUT2D eigenvalue weighted by atomic mass is 10.0. The van der Waals surface area contributed by atoms with Crippen LogP contribution in [0.4, 0.5) is 0 Å². The Bertz CT molecular complexity index is 558. The third kappa shape index (κ3) is 3.54. The predicted molar refractivity (Wildman–Crippen MR) is 82.4 cm³/mol. The molecule has 2 nitrogen and oxygen atoms in total. The molecule has 2 rings (SSSR count). The number of fused-ring (bicyclic) bond motifs is 1. The van der Waals surface area contributed by atoms with E-state index in [-0.39, 0.29) is 0 Å². The van der Waals surface area contributed by atoms with Gasteiger partial charge in [-0.05, 0) is 55.1 Å². The Hall–Kier alpha value is -1.41. The SMILES string of the molecule is CCc1ccc2nc(C)cc(CNCC(C)C)c2c1. The fraction of sp³-hybridized carbons (Fsp3) is 0.471. The smallest absolute Gasteiger partial charge is 0.0708 e. The fourth-order valence-electron chi connectivity index (χ4n) is 2.35. The normalized spacial score (nSPS) is 11.4. The van der Waals surface area contributed by atoms with Crippen molar-refractivity contribution in [2.45, 2.75) is 40.7 Å². The topological polar surface area (TPSA) is 24.9 Å². The van der Waals surface area contributed by atoms with E-state index in [1.54, 1.807) is 0 Å². The van der Waals surface area contributed by atoms with Crippen LogP contribution >= 0.6 is 0 Å². The Morgan fingerprint density at radius 1 is 1.21 bits per heavy atom. The number of pyridine rings is 1. The molecule has 1 N–H and O–H groups in total. The number of aromatic nitrogens is 1. The average molecular weight is 256 g/mol. The molecule has 0 fully saturated rings. The highest BCUT2D eigenvalue weighted by molar-refractivity contribution is 5.83. The van der Waals surface area contributed by atoms with Crippen molar-refractivity contribution in [1.82, 2.24) is 10.3 Å². The van der Waals surface area contributed by atoms with Gasteiger partial charge in [-0.2, -0.15) is 0 Å². The maximum absolute atomic E-state index is 4.63. The van der Waals surface area contributed by atoms with Crippen molar-refractivity contribution < 1.29 is 0 Å². The van der Waals surface area contributed by atoms with Gasteiger partial charge in [0.15, 0.2) is 0 Å². The van der Waals surface area contributed by atoms with Crippen molar-refractivity contribution in [3.63, 3.8) is 0 Å². The van der Waals surface area contributed by atoms with E-state index < -0.39 is 0 Å². The lowest BCUT2D eigenvalue weighted by Gasteiger charge is -2.11. The van der Waals surface area contributed by atoms with Crippen molar-refractivity contribution in [3.8, 4) is 0 Å². The van der Waals surface area contributed by atoms with Gasteiger partial charge >= 0.3 is 0 Å². The molecular weight excluding hydrogens is 232 g/mol. The molecule has 1 aromatic carbocycles. The number of nitrogens with one attached hydrogen (secondary N) is 1. The molecule has 0 radical (unpaired) electrons. The molecular formula is C17H24N2. The summed E-state index contributed by atoms with van der Waals surface area (Å²) in [6, 6.07) is 8.82. The van der Waals surface area contributed by atoms with Crippen molar-refractivity contribution in [3.05, 3.63) is 41.1 Å². The molecule has 2 heteroatoms. The minimum Gasteiger partial charge on any atom is -0.312 e. The van der Waals surface area contributed by atoms with Crippen molar-refractivity contribution in [1.29, 1.82) is 0 Å². The maximum atomic E-state index is 4.63. The first-order chi connectivity index (χ1) is 9.10. The Morgan fingerprint density at radius 2 is 2.00 bits per heavy atom. The minimum atomic E-state index is 0.681. The number of benzene rings is 1. The number of rotatable bonds is 5. The summed E-state index contributed by atoms with van der Waals surface area (Å²) >= 11 is 0. The summed E-state index contributed by atoms with van der Waals surface area (Å²) in [4.78, 5) is 4.63. The summed E-state index contributed by atoms with van der Waals surface area (Å²) in [5.74, 6) is 0.681. The van der Waals surface area contributed by atoms with Gasteiger partial charge in [-0.25, -0.2) is 0 Å². The van der Waals surface area contributed by atoms with Crippen molar-refractivity contribution in [2.24, 2.45) is 5.92 Å². The molecule has 2 aromatic rings. The van der Waals surface area contributed by atoms with E-state index in [4.69, 9.17) is 0 Å². The van der Waals surface area contributed by atoms with Gasteiger partial charge in [0.05, 0.1) is 5.52 Å². The Balaban J connectivity index is 2.34. The lowest BCUT2D eigenvalue weighted by molar-refractivity contribution is 0.553. The number of hydrogen-bond donors (Lipinski definition) is 1. The van der Waals surface area contributed by atoms with Crippen LogP contribution in [0.5, 0.6) is 0 Å². The van der Waals surface area contributed by atoms with Crippen molar-refractivity contribution in [2.75, 3.05) is 6.54 Å². The van der Waals surface area contributed by atoms with E-state index in [0.717, 1.165) is 30.7 Å². The zero-order chi connectivity index (χ0) is 13.8. The van der Waals surface area contributed by atoms with Crippen LogP contribution in [0.25, 0.3) is 10.9 Å². The van der Waals surface area contributed by atoms with Crippen LogP contribution in [0, 0.1) is 12.8 Å². The molecule has 0 saturated carbocycles. The quantitative estimate of drug-likeness (QED) is 0.879. The summed E-state index contributed by atoms with van der Waals surface area (Å²) < 4.78 is 0. The molecule has 1 aromatic heterocycles. The molecule has 0 aliphatic heterocycles. The lowest BCUT2D eigenvalue weighted by Crippen LogP contribution is -2.19. The first-order valence-corrected chi connectivity index (χ1v) is 7.20. The van der Waals surface area contributed by atoms with Gasteiger partial charge in [0, 0.05) is 17.6 Å². The van der Waals surface area contributed by atoms with Crippen LogP contribution in [-0.4, -0.2) is 11.5 Å². The van der Waals surface area contributed by atoms with E-state index in [2.05, 4.69) is 62.3 Å². The molecule has 0 saturated heterocycles. The third-order valence-corrected chi connectivity index (χ3v) is 3.36. The van der Waals surface area contributed by atoms with Gasteiger partial charge in [0.2, 0.25) is 0 Å². The molecule has 0 spiro atoms. The largest absolute Gasteiger partial charge is 0.312 e. The zero-order valence-corrected chi connectivity index (χ0v) is 12.5. The monoisotopic (exact) mass is 256 g/mol. The predicted octanol–water partition coefficient (Wildman–Crippen LogP) is 3.85. The highest BCUT2D eigenvalue weighted by Gasteiger charge is 2.05. The molecule has 102 valence electrons. The Morgan fingerprint density at radius 3 is 2.68 bits per heavy atom. The van der Waals surface area contributed by atoms with E-state index in [0.29, 0.717) is 5.92 Å². The maximum Gasteiger partial charge on any atom is 0.0708 e. The van der Waals surface area contributed by atoms with Crippen LogP contribution in [0.2, 0.25) is 0 Å². The van der Waals surface area contributed by atoms with E-state index in [1.807, 2.05) is 0 Å². The fourth-order valence-corrected chi connectivity index (χ4v) is 2.35. The summed E-state index contributed by atoms with van der Waals surface area (Å²) in [5.41, 5.74) is 4.94. The van der Waals surface area contributed by atoms with Gasteiger partial charge < -0.3 is 5.32 Å². The van der Waals surface area contributed by atoms with Crippen LogP contribution in [-0.2, 0) is 13.0 Å². The van der Waals surface area contributed by atoms with E-state index in [1.165, 1.54) is 16.5 Å². The molecule has 0 atom stereocenters. The second-order valence-corrected chi connectivity index (χ2v) is 5.65. The molecule has 19 heavy (non-hydrogen) atoms. The first kappa shape index (κ1) is 14.0. The molecule has 0 amide bonds. The zero-order valence-electron chi connectivity index (χ0n) is 12.5. The molecule has 0 aliphatic rings. The summed E-state index contributed by atoms with van der Waals surface area (Å²) in [6.45, 7) is 10.7. The van der Waals surface area contributed by atoms with Crippen LogP contribution in [0.15, 0.2) is 24.3 Å². The van der Waals surface area contributed by atoms with Gasteiger partial charge in [-0.15, -0.1) is 0 Å². The van der Waals surface area contributed by atoms with Gasteiger partial charge in [-0.1, -0.05) is 26.8 Å². The number of hydrogen-bond acceptors (Lipinski definition) is 2.